The molecular formula is C18H26O2. The third kappa shape index (κ3) is 12.8. The van der Waals surface area contributed by atoms with Crippen molar-refractivity contribution in [3.05, 3.63) is 12.2 Å². The van der Waals surface area contributed by atoms with Gasteiger partial charge in [-0.25, -0.2) is 0 Å². The van der Waals surface area contributed by atoms with Crippen LogP contribution in [0.2, 0.25) is 0 Å². The van der Waals surface area contributed by atoms with Gasteiger partial charge in [0.25, 0.3) is 0 Å². The van der Waals surface area contributed by atoms with Crippen LogP contribution in [-0.4, -0.2) is 12.6 Å². The first-order valence-electron chi connectivity index (χ1n) is 7.30. The third-order valence-electron chi connectivity index (χ3n) is 2.88. The van der Waals surface area contributed by atoms with Crippen LogP contribution in [0.1, 0.15) is 59.3 Å². The zero-order valence-electron chi connectivity index (χ0n) is 13.0. The Hall–Kier alpha value is -1.67. The summed E-state index contributed by atoms with van der Waals surface area (Å²) < 4.78 is 5.19. The molecule has 0 radical (unpaired) electrons. The van der Waals surface area contributed by atoms with Gasteiger partial charge in [-0.3, -0.25) is 4.79 Å². The number of allylic oxidation sites excluding steroid dienone is 1. The number of unbranched alkanes of at least 4 members (excludes halogenated alkanes) is 1. The van der Waals surface area contributed by atoms with E-state index in [4.69, 9.17) is 4.74 Å². The summed E-state index contributed by atoms with van der Waals surface area (Å²) >= 11 is 0. The van der Waals surface area contributed by atoms with E-state index in [9.17, 15) is 4.79 Å². The standard InChI is InChI=1S/C18H26O2/c1-4-6-8-9-10-12-14-18(19)20-16-15-17(3)13-11-7-5-2/h10,12,17H,8-9,11,13-16H2,1-3H3. The van der Waals surface area contributed by atoms with Crippen LogP contribution in [0.25, 0.3) is 0 Å². The van der Waals surface area contributed by atoms with Crippen molar-refractivity contribution in [1.29, 1.82) is 0 Å². The van der Waals surface area contributed by atoms with Gasteiger partial charge in [0, 0.05) is 12.8 Å². The van der Waals surface area contributed by atoms with Crippen LogP contribution in [0.3, 0.4) is 0 Å². The highest BCUT2D eigenvalue weighted by molar-refractivity contribution is 5.71. The van der Waals surface area contributed by atoms with E-state index in [0.717, 1.165) is 32.1 Å². The summed E-state index contributed by atoms with van der Waals surface area (Å²) in [6, 6.07) is 0. The molecule has 0 bridgehead atoms. The van der Waals surface area contributed by atoms with Crippen molar-refractivity contribution in [3.8, 4) is 23.7 Å². The van der Waals surface area contributed by atoms with E-state index < -0.39 is 0 Å². The van der Waals surface area contributed by atoms with Crippen molar-refractivity contribution in [2.75, 3.05) is 6.61 Å². The molecule has 110 valence electrons. The Bertz CT molecular complexity index is 399. The number of ether oxygens (including phenoxy) is 1. The summed E-state index contributed by atoms with van der Waals surface area (Å²) in [6.07, 6.45) is 8.84. The van der Waals surface area contributed by atoms with E-state index in [1.54, 1.807) is 0 Å². The quantitative estimate of drug-likeness (QED) is 0.274. The number of carbonyl (C=O) groups is 1. The summed E-state index contributed by atoms with van der Waals surface area (Å²) in [4.78, 5) is 11.4. The second-order valence-corrected chi connectivity index (χ2v) is 4.72. The normalized spacial score (nSPS) is 11.2. The van der Waals surface area contributed by atoms with E-state index in [2.05, 4.69) is 30.6 Å². The predicted molar refractivity (Wildman–Crippen MR) is 83.9 cm³/mol. The minimum absolute atomic E-state index is 0.150. The molecule has 0 aromatic carbocycles. The molecule has 20 heavy (non-hydrogen) atoms. The summed E-state index contributed by atoms with van der Waals surface area (Å²) in [7, 11) is 0. The lowest BCUT2D eigenvalue weighted by Crippen LogP contribution is -2.07. The molecule has 2 heteroatoms. The van der Waals surface area contributed by atoms with Gasteiger partial charge in [-0.15, -0.1) is 23.7 Å². The first-order chi connectivity index (χ1) is 9.70. The second kappa shape index (κ2) is 13.8. The van der Waals surface area contributed by atoms with Crippen LogP contribution < -0.4 is 0 Å². The van der Waals surface area contributed by atoms with Crippen LogP contribution in [0.5, 0.6) is 0 Å². The molecule has 2 nitrogen and oxygen atoms in total. The summed E-state index contributed by atoms with van der Waals surface area (Å²) in [5.41, 5.74) is 0. The van der Waals surface area contributed by atoms with Crippen LogP contribution in [0.15, 0.2) is 12.2 Å². The number of carbonyl (C=O) groups excluding carboxylic acids is 1. The van der Waals surface area contributed by atoms with Crippen LogP contribution in [0, 0.1) is 29.6 Å². The van der Waals surface area contributed by atoms with Gasteiger partial charge in [-0.05, 0) is 39.0 Å². The van der Waals surface area contributed by atoms with Gasteiger partial charge in [0.2, 0.25) is 0 Å². The molecule has 0 heterocycles. The Kier molecular flexibility index (Phi) is 12.6. The van der Waals surface area contributed by atoms with Gasteiger partial charge in [-0.2, -0.15) is 0 Å². The molecule has 0 fully saturated rings. The Labute approximate surface area is 124 Å². The molecule has 0 saturated carbocycles. The number of rotatable bonds is 9. The van der Waals surface area contributed by atoms with E-state index in [0.29, 0.717) is 18.9 Å². The van der Waals surface area contributed by atoms with E-state index in [1.807, 2.05) is 26.0 Å². The Morgan fingerprint density at radius 3 is 2.50 bits per heavy atom. The first-order valence-corrected chi connectivity index (χ1v) is 7.30. The lowest BCUT2D eigenvalue weighted by molar-refractivity contribution is -0.142. The van der Waals surface area contributed by atoms with Crippen LogP contribution in [0.4, 0.5) is 0 Å². The molecule has 0 rings (SSSR count). The van der Waals surface area contributed by atoms with E-state index >= 15 is 0 Å². The number of hydrogen-bond donors (Lipinski definition) is 0. The maximum absolute atomic E-state index is 11.4. The zero-order valence-corrected chi connectivity index (χ0v) is 13.0. The van der Waals surface area contributed by atoms with Gasteiger partial charge < -0.3 is 4.74 Å². The summed E-state index contributed by atoms with van der Waals surface area (Å²) in [5.74, 6) is 12.2. The van der Waals surface area contributed by atoms with E-state index in [-0.39, 0.29) is 5.97 Å². The molecule has 0 amide bonds. The molecule has 0 saturated heterocycles. The molecule has 1 unspecified atom stereocenters. The third-order valence-corrected chi connectivity index (χ3v) is 2.88. The largest absolute Gasteiger partial charge is 0.465 e. The molecule has 0 aliphatic heterocycles. The lowest BCUT2D eigenvalue weighted by atomic mass is 10.0. The van der Waals surface area contributed by atoms with Gasteiger partial charge in [0.05, 0.1) is 13.0 Å². The zero-order chi connectivity index (χ0) is 15.1. The monoisotopic (exact) mass is 274 g/mol. The summed E-state index contributed by atoms with van der Waals surface area (Å²) in [5, 5.41) is 0. The topological polar surface area (TPSA) is 26.3 Å². The number of hydrogen-bond acceptors (Lipinski definition) is 2. The average Bonchev–Trinajstić information content (AvgIpc) is 2.43. The van der Waals surface area contributed by atoms with Crippen LogP contribution in [-0.2, 0) is 9.53 Å². The van der Waals surface area contributed by atoms with Crippen molar-refractivity contribution in [2.45, 2.75) is 59.3 Å². The highest BCUT2D eigenvalue weighted by atomic mass is 16.5. The fourth-order valence-electron chi connectivity index (χ4n) is 1.60. The first kappa shape index (κ1) is 18.3. The maximum atomic E-state index is 11.4. The molecule has 1 atom stereocenters. The van der Waals surface area contributed by atoms with Crippen molar-refractivity contribution in [2.24, 2.45) is 5.92 Å². The maximum Gasteiger partial charge on any atom is 0.309 e. The smallest absolute Gasteiger partial charge is 0.309 e. The molecule has 0 aliphatic rings. The predicted octanol–water partition coefficient (Wildman–Crippen LogP) is 4.11. The lowest BCUT2D eigenvalue weighted by Gasteiger charge is -2.09. The summed E-state index contributed by atoms with van der Waals surface area (Å²) in [6.45, 7) is 6.36. The van der Waals surface area contributed by atoms with Gasteiger partial charge in [0.15, 0.2) is 0 Å². The number of esters is 1. The molecule has 0 aliphatic carbocycles. The Morgan fingerprint density at radius 1 is 1.10 bits per heavy atom. The molecule has 0 aromatic rings. The molecular weight excluding hydrogens is 248 g/mol. The minimum Gasteiger partial charge on any atom is -0.465 e. The molecule has 0 N–H and O–H groups in total. The minimum atomic E-state index is -0.150. The fraction of sp³-hybridized carbons (Fsp3) is 0.611. The van der Waals surface area contributed by atoms with Crippen molar-refractivity contribution < 1.29 is 9.53 Å². The highest BCUT2D eigenvalue weighted by Gasteiger charge is 2.04. The van der Waals surface area contributed by atoms with Gasteiger partial charge >= 0.3 is 5.97 Å². The fourth-order valence-corrected chi connectivity index (χ4v) is 1.60. The second-order valence-electron chi connectivity index (χ2n) is 4.72. The SMILES string of the molecule is CC#CCCC=CCC(=O)OCCC(C)CCC#CC. The molecule has 0 aromatic heterocycles. The van der Waals surface area contributed by atoms with Crippen LogP contribution >= 0.6 is 0 Å². The highest BCUT2D eigenvalue weighted by Crippen LogP contribution is 2.09. The van der Waals surface area contributed by atoms with Crippen molar-refractivity contribution >= 4 is 5.97 Å². The van der Waals surface area contributed by atoms with E-state index in [1.165, 1.54) is 0 Å². The molecule has 0 spiro atoms. The van der Waals surface area contributed by atoms with Crippen molar-refractivity contribution in [3.63, 3.8) is 0 Å². The Morgan fingerprint density at radius 2 is 1.80 bits per heavy atom. The van der Waals surface area contributed by atoms with Gasteiger partial charge in [0.1, 0.15) is 0 Å². The van der Waals surface area contributed by atoms with Crippen molar-refractivity contribution in [1.82, 2.24) is 0 Å². The average molecular weight is 274 g/mol. The van der Waals surface area contributed by atoms with Gasteiger partial charge in [-0.1, -0.05) is 19.1 Å². The Balaban J connectivity index is 3.56.